The van der Waals surface area contributed by atoms with Gasteiger partial charge in [-0.15, -0.1) is 0 Å². The highest BCUT2D eigenvalue weighted by atomic mass is 19.1. The van der Waals surface area contributed by atoms with Crippen molar-refractivity contribution in [2.24, 2.45) is 0 Å². The molecule has 0 aliphatic heterocycles. The van der Waals surface area contributed by atoms with Crippen LogP contribution in [0.5, 0.6) is 5.75 Å². The van der Waals surface area contributed by atoms with Gasteiger partial charge in [-0.05, 0) is 31.2 Å². The number of rotatable bonds is 8. The van der Waals surface area contributed by atoms with Crippen molar-refractivity contribution in [3.05, 3.63) is 41.7 Å². The number of aryl methyl sites for hydroxylation is 1. The summed E-state index contributed by atoms with van der Waals surface area (Å²) >= 11 is 0. The molecule has 2 rings (SSSR count). The summed E-state index contributed by atoms with van der Waals surface area (Å²) in [5.74, 6) is 1.18. The third-order valence-corrected chi connectivity index (χ3v) is 3.08. The van der Waals surface area contributed by atoms with Gasteiger partial charge in [-0.3, -0.25) is 0 Å². The minimum Gasteiger partial charge on any atom is -0.485 e. The van der Waals surface area contributed by atoms with Gasteiger partial charge < -0.3 is 10.1 Å². The molecular weight excluding hydrogens is 271 g/mol. The first-order valence-corrected chi connectivity index (χ1v) is 7.23. The molecule has 114 valence electrons. The molecule has 1 aromatic heterocycles. The van der Waals surface area contributed by atoms with Crippen LogP contribution in [0.15, 0.2) is 24.5 Å². The van der Waals surface area contributed by atoms with Crippen LogP contribution in [-0.4, -0.2) is 21.3 Å². The average Bonchev–Trinajstić information content (AvgIpc) is 2.92. The molecule has 0 aliphatic rings. The molecule has 2 aromatic rings. The standard InChI is InChI=1S/C15H21FN4O/c1-3-7-20-15(18-11-19-20)10-21-14-6-5-13(16)8-12(14)9-17-4-2/h5-6,8,11,17H,3-4,7,9-10H2,1-2H3. The molecule has 0 amide bonds. The maximum Gasteiger partial charge on any atom is 0.164 e. The predicted octanol–water partition coefficient (Wildman–Crippen LogP) is 2.52. The van der Waals surface area contributed by atoms with Gasteiger partial charge in [-0.25, -0.2) is 14.1 Å². The first kappa shape index (κ1) is 15.4. The lowest BCUT2D eigenvalue weighted by molar-refractivity contribution is 0.282. The summed E-state index contributed by atoms with van der Waals surface area (Å²) in [6.07, 6.45) is 2.51. The minimum absolute atomic E-state index is 0.260. The van der Waals surface area contributed by atoms with Gasteiger partial charge in [0.1, 0.15) is 24.5 Å². The molecule has 6 heteroatoms. The second-order valence-electron chi connectivity index (χ2n) is 4.72. The molecule has 0 aliphatic carbocycles. The third kappa shape index (κ3) is 4.26. The second-order valence-corrected chi connectivity index (χ2v) is 4.72. The maximum absolute atomic E-state index is 13.3. The predicted molar refractivity (Wildman–Crippen MR) is 78.4 cm³/mol. The molecule has 0 fully saturated rings. The van der Waals surface area contributed by atoms with E-state index in [1.54, 1.807) is 6.07 Å². The quantitative estimate of drug-likeness (QED) is 0.812. The summed E-state index contributed by atoms with van der Waals surface area (Å²) in [6.45, 7) is 6.62. The Balaban J connectivity index is 2.06. The highest BCUT2D eigenvalue weighted by Crippen LogP contribution is 2.20. The zero-order chi connectivity index (χ0) is 15.1. The monoisotopic (exact) mass is 292 g/mol. The van der Waals surface area contributed by atoms with E-state index in [1.807, 2.05) is 11.6 Å². The molecule has 0 saturated heterocycles. The Bertz CT molecular complexity index is 571. The number of ether oxygens (including phenoxy) is 1. The van der Waals surface area contributed by atoms with Crippen molar-refractivity contribution in [3.8, 4) is 5.75 Å². The molecule has 0 radical (unpaired) electrons. The zero-order valence-corrected chi connectivity index (χ0v) is 12.5. The van der Waals surface area contributed by atoms with Crippen LogP contribution in [0.4, 0.5) is 4.39 Å². The fourth-order valence-corrected chi connectivity index (χ4v) is 2.03. The van der Waals surface area contributed by atoms with E-state index in [4.69, 9.17) is 4.74 Å². The zero-order valence-electron chi connectivity index (χ0n) is 12.5. The van der Waals surface area contributed by atoms with E-state index in [0.717, 1.165) is 30.9 Å². The minimum atomic E-state index is -0.260. The highest BCUT2D eigenvalue weighted by molar-refractivity contribution is 5.34. The molecule has 21 heavy (non-hydrogen) atoms. The van der Waals surface area contributed by atoms with Crippen LogP contribution >= 0.6 is 0 Å². The van der Waals surface area contributed by atoms with E-state index in [9.17, 15) is 4.39 Å². The van der Waals surface area contributed by atoms with Crippen molar-refractivity contribution in [2.45, 2.75) is 40.0 Å². The van der Waals surface area contributed by atoms with Crippen molar-refractivity contribution in [1.29, 1.82) is 0 Å². The van der Waals surface area contributed by atoms with Crippen LogP contribution in [0.3, 0.4) is 0 Å². The molecule has 0 saturated carbocycles. The van der Waals surface area contributed by atoms with Crippen LogP contribution < -0.4 is 10.1 Å². The lowest BCUT2D eigenvalue weighted by atomic mass is 10.2. The van der Waals surface area contributed by atoms with Crippen molar-refractivity contribution in [3.63, 3.8) is 0 Å². The number of nitrogens with one attached hydrogen (secondary N) is 1. The molecule has 0 spiro atoms. The third-order valence-electron chi connectivity index (χ3n) is 3.08. The van der Waals surface area contributed by atoms with Gasteiger partial charge in [-0.1, -0.05) is 13.8 Å². The van der Waals surface area contributed by atoms with Gasteiger partial charge in [0.25, 0.3) is 0 Å². The molecule has 0 atom stereocenters. The second kappa shape index (κ2) is 7.73. The van der Waals surface area contributed by atoms with Crippen LogP contribution in [0, 0.1) is 5.82 Å². The number of aromatic nitrogens is 3. The van der Waals surface area contributed by atoms with Crippen molar-refractivity contribution in [2.75, 3.05) is 6.54 Å². The molecule has 5 nitrogen and oxygen atoms in total. The molecular formula is C15H21FN4O. The summed E-state index contributed by atoms with van der Waals surface area (Å²) in [6, 6.07) is 4.55. The molecule has 1 heterocycles. The van der Waals surface area contributed by atoms with Gasteiger partial charge in [0, 0.05) is 18.7 Å². The normalized spacial score (nSPS) is 10.8. The van der Waals surface area contributed by atoms with Crippen LogP contribution in [-0.2, 0) is 19.7 Å². The smallest absolute Gasteiger partial charge is 0.164 e. The van der Waals surface area contributed by atoms with E-state index in [-0.39, 0.29) is 5.82 Å². The summed E-state index contributed by atoms with van der Waals surface area (Å²) in [7, 11) is 0. The number of benzene rings is 1. The van der Waals surface area contributed by atoms with Crippen LogP contribution in [0.25, 0.3) is 0 Å². The van der Waals surface area contributed by atoms with Crippen molar-refractivity contribution in [1.82, 2.24) is 20.1 Å². The Morgan fingerprint density at radius 2 is 2.19 bits per heavy atom. The topological polar surface area (TPSA) is 52.0 Å². The SMILES string of the molecule is CCCn1ncnc1COc1ccc(F)cc1CNCC. The number of hydrogen-bond acceptors (Lipinski definition) is 4. The lowest BCUT2D eigenvalue weighted by Gasteiger charge is -2.12. The lowest BCUT2D eigenvalue weighted by Crippen LogP contribution is -2.14. The van der Waals surface area contributed by atoms with Gasteiger partial charge in [-0.2, -0.15) is 5.10 Å². The number of nitrogens with zero attached hydrogens (tertiary/aromatic N) is 3. The number of hydrogen-bond donors (Lipinski definition) is 1. The molecule has 0 bridgehead atoms. The van der Waals surface area contributed by atoms with Gasteiger partial charge >= 0.3 is 0 Å². The van der Waals surface area contributed by atoms with Crippen LogP contribution in [0.2, 0.25) is 0 Å². The van der Waals surface area contributed by atoms with Crippen molar-refractivity contribution >= 4 is 0 Å². The molecule has 1 aromatic carbocycles. The maximum atomic E-state index is 13.3. The Morgan fingerprint density at radius 3 is 2.95 bits per heavy atom. The summed E-state index contributed by atoms with van der Waals surface area (Å²) < 4.78 is 21.0. The largest absolute Gasteiger partial charge is 0.485 e. The molecule has 0 unspecified atom stereocenters. The molecule has 1 N–H and O–H groups in total. The highest BCUT2D eigenvalue weighted by Gasteiger charge is 2.08. The Hall–Kier alpha value is -1.95. The fourth-order valence-electron chi connectivity index (χ4n) is 2.03. The summed E-state index contributed by atoms with van der Waals surface area (Å²) in [5.41, 5.74) is 0.804. The van der Waals surface area contributed by atoms with E-state index >= 15 is 0 Å². The first-order chi connectivity index (χ1) is 10.2. The van der Waals surface area contributed by atoms with E-state index < -0.39 is 0 Å². The fraction of sp³-hybridized carbons (Fsp3) is 0.467. The van der Waals surface area contributed by atoms with E-state index in [0.29, 0.717) is 18.9 Å². The first-order valence-electron chi connectivity index (χ1n) is 7.23. The Kier molecular flexibility index (Phi) is 5.68. The Labute approximate surface area is 124 Å². The van der Waals surface area contributed by atoms with Gasteiger partial charge in [0.15, 0.2) is 5.82 Å². The van der Waals surface area contributed by atoms with Crippen molar-refractivity contribution < 1.29 is 9.13 Å². The van der Waals surface area contributed by atoms with E-state index in [1.165, 1.54) is 18.5 Å². The summed E-state index contributed by atoms with van der Waals surface area (Å²) in [4.78, 5) is 4.20. The van der Waals surface area contributed by atoms with Gasteiger partial charge in [0.05, 0.1) is 0 Å². The van der Waals surface area contributed by atoms with Gasteiger partial charge in [0.2, 0.25) is 0 Å². The Morgan fingerprint density at radius 1 is 1.33 bits per heavy atom. The number of halogens is 1. The summed E-state index contributed by atoms with van der Waals surface area (Å²) in [5, 5.41) is 7.33. The van der Waals surface area contributed by atoms with Crippen LogP contribution in [0.1, 0.15) is 31.7 Å². The van der Waals surface area contributed by atoms with E-state index in [2.05, 4.69) is 22.3 Å². The average molecular weight is 292 g/mol.